The summed E-state index contributed by atoms with van der Waals surface area (Å²) in [6, 6.07) is 4.35. The molecule has 3 N–H and O–H groups in total. The molecule has 0 unspecified atom stereocenters. The molecule has 0 aliphatic heterocycles. The molecule has 0 saturated carbocycles. The number of carboxylic acid groups (broad SMARTS) is 1. The highest BCUT2D eigenvalue weighted by Gasteiger charge is 2.18. The molecular weight excluding hydrogens is 253 g/mol. The monoisotopic (exact) mass is 263 g/mol. The summed E-state index contributed by atoms with van der Waals surface area (Å²) in [6.45, 7) is 0. The van der Waals surface area contributed by atoms with Gasteiger partial charge in [-0.2, -0.15) is 8.42 Å². The Labute approximate surface area is 97.2 Å². The van der Waals surface area contributed by atoms with Crippen LogP contribution in [0, 0.1) is 0 Å². The number of nitrogens with two attached hydrogens (primary N) is 1. The van der Waals surface area contributed by atoms with Crippen molar-refractivity contribution >= 4 is 16.5 Å². The van der Waals surface area contributed by atoms with Crippen molar-refractivity contribution in [2.75, 3.05) is 0 Å². The minimum absolute atomic E-state index is 0.166. The molecule has 94 valence electrons. The molecule has 0 amide bonds. The van der Waals surface area contributed by atoms with Gasteiger partial charge in [0.05, 0.1) is 0 Å². The lowest BCUT2D eigenvalue weighted by molar-refractivity contribution is -0.138. The van der Waals surface area contributed by atoms with E-state index in [4.69, 9.17) is 10.8 Å². The highest BCUT2D eigenvalue weighted by Crippen LogP contribution is 2.21. The van der Waals surface area contributed by atoms with Crippen LogP contribution in [0.1, 0.15) is 5.56 Å². The van der Waals surface area contributed by atoms with Crippen LogP contribution in [0.2, 0.25) is 0 Å². The molecule has 1 aromatic rings. The van der Waals surface area contributed by atoms with Gasteiger partial charge in [0.1, 0.15) is 11.8 Å². The number of carboxylic acids is 1. The minimum Gasteiger partial charge on any atom is -0.480 e. The highest BCUT2D eigenvalue weighted by molar-refractivity contribution is 7.81. The maximum Gasteiger partial charge on any atom is 0.488 e. The van der Waals surface area contributed by atoms with E-state index in [9.17, 15) is 17.1 Å². The Bertz CT molecular complexity index is 516. The molecule has 1 aromatic carbocycles. The first-order valence-corrected chi connectivity index (χ1v) is 5.81. The van der Waals surface area contributed by atoms with Crippen LogP contribution in [0.3, 0.4) is 0 Å². The van der Waals surface area contributed by atoms with E-state index in [1.54, 1.807) is 0 Å². The number of halogens is 1. The molecule has 0 aliphatic carbocycles. The van der Waals surface area contributed by atoms with Crippen LogP contribution >= 0.6 is 0 Å². The van der Waals surface area contributed by atoms with Crippen LogP contribution in [-0.4, -0.2) is 25.5 Å². The molecule has 0 aromatic heterocycles. The average Bonchev–Trinajstić information content (AvgIpc) is 2.18. The Kier molecular flexibility index (Phi) is 4.02. The number of carbonyl (C=O) groups is 1. The zero-order chi connectivity index (χ0) is 13.1. The SMILES string of the molecule is N[C@@H](Cc1ccccc1OS(=O)(=O)F)C(=O)O. The predicted octanol–water partition coefficient (Wildman–Crippen LogP) is 0.234. The van der Waals surface area contributed by atoms with Crippen LogP contribution in [0.4, 0.5) is 3.89 Å². The zero-order valence-corrected chi connectivity index (χ0v) is 9.35. The second-order valence-electron chi connectivity index (χ2n) is 3.23. The molecule has 0 bridgehead atoms. The van der Waals surface area contributed by atoms with Crippen LogP contribution in [0.25, 0.3) is 0 Å². The topological polar surface area (TPSA) is 107 Å². The molecule has 8 heteroatoms. The summed E-state index contributed by atoms with van der Waals surface area (Å²) in [5.74, 6) is -1.52. The number of aliphatic carboxylic acids is 1. The standard InChI is InChI=1S/C9H10FNO5S/c10-17(14,15)16-8-4-2-1-3-6(8)5-7(11)9(12)13/h1-4,7H,5,11H2,(H,12,13)/t7-/m0/s1. The Morgan fingerprint density at radius 1 is 1.47 bits per heavy atom. The smallest absolute Gasteiger partial charge is 0.480 e. The van der Waals surface area contributed by atoms with Crippen molar-refractivity contribution in [2.24, 2.45) is 5.73 Å². The maximum absolute atomic E-state index is 12.4. The van der Waals surface area contributed by atoms with Crippen molar-refractivity contribution in [3.8, 4) is 5.75 Å². The fraction of sp³-hybridized carbons (Fsp3) is 0.222. The summed E-state index contributed by atoms with van der Waals surface area (Å²) < 4.78 is 37.1. The molecule has 0 fully saturated rings. The van der Waals surface area contributed by atoms with E-state index in [0.29, 0.717) is 0 Å². The van der Waals surface area contributed by atoms with Crippen LogP contribution < -0.4 is 9.92 Å². The highest BCUT2D eigenvalue weighted by atomic mass is 32.3. The third-order valence-electron chi connectivity index (χ3n) is 1.92. The van der Waals surface area contributed by atoms with Gasteiger partial charge in [0.25, 0.3) is 0 Å². The van der Waals surface area contributed by atoms with Crippen molar-refractivity contribution in [3.05, 3.63) is 29.8 Å². The van der Waals surface area contributed by atoms with Gasteiger partial charge in [-0.3, -0.25) is 4.79 Å². The largest absolute Gasteiger partial charge is 0.488 e. The van der Waals surface area contributed by atoms with Crippen molar-refractivity contribution in [2.45, 2.75) is 12.5 Å². The molecular formula is C9H10FNO5S. The summed E-state index contributed by atoms with van der Waals surface area (Å²) in [5, 5.41) is 8.61. The lowest BCUT2D eigenvalue weighted by Gasteiger charge is -2.10. The molecule has 1 rings (SSSR count). The molecule has 0 radical (unpaired) electrons. The molecule has 0 heterocycles. The fourth-order valence-corrected chi connectivity index (χ4v) is 1.56. The van der Waals surface area contributed by atoms with E-state index < -0.39 is 22.5 Å². The second kappa shape index (κ2) is 5.11. The van der Waals surface area contributed by atoms with Crippen molar-refractivity contribution < 1.29 is 26.4 Å². The quantitative estimate of drug-likeness (QED) is 0.737. The lowest BCUT2D eigenvalue weighted by Crippen LogP contribution is -2.32. The van der Waals surface area contributed by atoms with E-state index in [0.717, 1.165) is 0 Å². The normalized spacial score (nSPS) is 13.1. The maximum atomic E-state index is 12.4. The number of hydrogen-bond acceptors (Lipinski definition) is 5. The first-order valence-electron chi connectivity index (χ1n) is 4.50. The van der Waals surface area contributed by atoms with E-state index in [1.807, 2.05) is 0 Å². The number of para-hydroxylation sites is 1. The van der Waals surface area contributed by atoms with Gasteiger partial charge in [-0.25, -0.2) is 0 Å². The Morgan fingerprint density at radius 3 is 2.59 bits per heavy atom. The van der Waals surface area contributed by atoms with E-state index >= 15 is 0 Å². The molecule has 0 saturated heterocycles. The summed E-state index contributed by atoms with van der Waals surface area (Å²) in [4.78, 5) is 10.5. The number of rotatable bonds is 5. The van der Waals surface area contributed by atoms with Crippen LogP contribution in [0.15, 0.2) is 24.3 Å². The Hall–Kier alpha value is -1.67. The Balaban J connectivity index is 2.96. The van der Waals surface area contributed by atoms with Crippen molar-refractivity contribution in [1.29, 1.82) is 0 Å². The summed E-state index contributed by atoms with van der Waals surface area (Å²) in [7, 11) is -5.14. The van der Waals surface area contributed by atoms with Crippen molar-refractivity contribution in [3.63, 3.8) is 0 Å². The molecule has 0 aliphatic rings. The third-order valence-corrected chi connectivity index (χ3v) is 2.30. The van der Waals surface area contributed by atoms with Gasteiger partial charge in [-0.05, 0) is 11.6 Å². The van der Waals surface area contributed by atoms with E-state index in [-0.39, 0.29) is 17.7 Å². The summed E-state index contributed by atoms with van der Waals surface area (Å²) >= 11 is 0. The molecule has 1 atom stereocenters. The first kappa shape index (κ1) is 13.4. The van der Waals surface area contributed by atoms with E-state index in [2.05, 4.69) is 4.18 Å². The number of hydrogen-bond donors (Lipinski definition) is 2. The van der Waals surface area contributed by atoms with Crippen LogP contribution in [0.5, 0.6) is 5.75 Å². The molecule has 17 heavy (non-hydrogen) atoms. The number of benzene rings is 1. The third kappa shape index (κ3) is 4.37. The van der Waals surface area contributed by atoms with Crippen LogP contribution in [-0.2, 0) is 21.7 Å². The van der Waals surface area contributed by atoms with Gasteiger partial charge in [-0.1, -0.05) is 22.1 Å². The van der Waals surface area contributed by atoms with Gasteiger partial charge >= 0.3 is 16.5 Å². The predicted molar refractivity (Wildman–Crippen MR) is 56.4 cm³/mol. The lowest BCUT2D eigenvalue weighted by atomic mass is 10.1. The van der Waals surface area contributed by atoms with Crippen molar-refractivity contribution in [1.82, 2.24) is 0 Å². The zero-order valence-electron chi connectivity index (χ0n) is 8.54. The molecule has 0 spiro atoms. The van der Waals surface area contributed by atoms with Gasteiger partial charge in [0.2, 0.25) is 0 Å². The second-order valence-corrected chi connectivity index (χ2v) is 4.19. The summed E-state index contributed by atoms with van der Waals surface area (Å²) in [5.41, 5.74) is 5.48. The van der Waals surface area contributed by atoms with Gasteiger partial charge in [0.15, 0.2) is 0 Å². The Morgan fingerprint density at radius 2 is 2.06 bits per heavy atom. The van der Waals surface area contributed by atoms with Gasteiger partial charge < -0.3 is 15.0 Å². The minimum atomic E-state index is -5.14. The average molecular weight is 263 g/mol. The fourth-order valence-electron chi connectivity index (χ4n) is 1.19. The van der Waals surface area contributed by atoms with Gasteiger partial charge in [-0.15, -0.1) is 0 Å². The van der Waals surface area contributed by atoms with E-state index in [1.165, 1.54) is 24.3 Å². The van der Waals surface area contributed by atoms with Gasteiger partial charge in [0, 0.05) is 6.42 Å². The summed E-state index contributed by atoms with van der Waals surface area (Å²) in [6.07, 6.45) is -0.166. The first-order chi connectivity index (χ1) is 7.79. The molecule has 6 nitrogen and oxygen atoms in total.